The summed E-state index contributed by atoms with van der Waals surface area (Å²) in [5.74, 6) is 0. The first-order valence-corrected chi connectivity index (χ1v) is 26.3. The number of aromatic nitrogens is 1. The Hall–Kier alpha value is -8.68. The van der Waals surface area contributed by atoms with Crippen LogP contribution < -0.4 is 26.2 Å². The molecule has 0 amide bonds. The van der Waals surface area contributed by atoms with Gasteiger partial charge in [-0.1, -0.05) is 182 Å². The van der Waals surface area contributed by atoms with E-state index in [-0.39, 0.29) is 6.71 Å². The van der Waals surface area contributed by atoms with Crippen molar-refractivity contribution in [3.05, 3.63) is 243 Å². The lowest BCUT2D eigenvalue weighted by molar-refractivity contribution is 1.16. The Morgan fingerprint density at radius 2 is 0.722 bits per heavy atom. The van der Waals surface area contributed by atoms with Gasteiger partial charge in [-0.25, -0.2) is 0 Å². The largest absolute Gasteiger partial charge is 0.310 e. The van der Waals surface area contributed by atoms with Crippen molar-refractivity contribution in [3.8, 4) is 27.9 Å². The molecule has 334 valence electrons. The summed E-state index contributed by atoms with van der Waals surface area (Å²) in [6.07, 6.45) is 0. The first-order chi connectivity index (χ1) is 35.8. The zero-order valence-corrected chi connectivity index (χ0v) is 40.5. The molecule has 14 aromatic rings. The van der Waals surface area contributed by atoms with Crippen molar-refractivity contribution >= 4 is 142 Å². The molecule has 0 unspecified atom stereocenters. The van der Waals surface area contributed by atoms with Crippen molar-refractivity contribution in [2.75, 3.05) is 9.80 Å². The summed E-state index contributed by atoms with van der Waals surface area (Å²) in [5, 5.41) is 7.57. The fourth-order valence-electron chi connectivity index (χ4n) is 12.5. The van der Waals surface area contributed by atoms with Crippen LogP contribution in [0, 0.1) is 0 Å². The second-order valence-corrected chi connectivity index (χ2v) is 21.3. The highest BCUT2D eigenvalue weighted by Crippen LogP contribution is 2.55. The summed E-state index contributed by atoms with van der Waals surface area (Å²) in [6.45, 7) is -0.0562. The number of nitrogens with zero attached hydrogens (tertiary/aromatic N) is 3. The zero-order valence-electron chi connectivity index (χ0n) is 38.8. The van der Waals surface area contributed by atoms with Crippen molar-refractivity contribution < 1.29 is 0 Å². The lowest BCUT2D eigenvalue weighted by Crippen LogP contribution is -2.61. The topological polar surface area (TPSA) is 11.4 Å². The Morgan fingerprint density at radius 3 is 1.21 bits per heavy atom. The van der Waals surface area contributed by atoms with E-state index in [9.17, 15) is 0 Å². The van der Waals surface area contributed by atoms with Gasteiger partial charge in [0.1, 0.15) is 0 Å². The fraction of sp³-hybridized carbons (Fsp3) is 0. The van der Waals surface area contributed by atoms with Gasteiger partial charge < -0.3 is 14.4 Å². The summed E-state index contributed by atoms with van der Waals surface area (Å²) in [7, 11) is 0. The molecule has 16 rings (SSSR count). The Kier molecular flexibility index (Phi) is 8.58. The molecule has 72 heavy (non-hydrogen) atoms. The van der Waals surface area contributed by atoms with E-state index in [4.69, 9.17) is 0 Å². The Bertz CT molecular complexity index is 4270. The third kappa shape index (κ3) is 5.62. The second kappa shape index (κ2) is 15.4. The highest BCUT2D eigenvalue weighted by atomic mass is 32.1. The van der Waals surface area contributed by atoms with Crippen LogP contribution in [0.3, 0.4) is 0 Å². The summed E-state index contributed by atoms with van der Waals surface area (Å²) >= 11 is 3.76. The van der Waals surface area contributed by atoms with E-state index < -0.39 is 0 Å². The Balaban J connectivity index is 1.12. The molecule has 0 saturated carbocycles. The van der Waals surface area contributed by atoms with Gasteiger partial charge in [0.15, 0.2) is 0 Å². The van der Waals surface area contributed by atoms with Crippen molar-refractivity contribution in [2.45, 2.75) is 0 Å². The molecule has 0 atom stereocenters. The van der Waals surface area contributed by atoms with Crippen molar-refractivity contribution in [3.63, 3.8) is 0 Å². The van der Waals surface area contributed by atoms with Crippen LogP contribution in [-0.2, 0) is 0 Å². The van der Waals surface area contributed by atoms with Crippen molar-refractivity contribution in [2.24, 2.45) is 0 Å². The van der Waals surface area contributed by atoms with E-state index in [0.29, 0.717) is 0 Å². The van der Waals surface area contributed by atoms with Crippen LogP contribution in [0.1, 0.15) is 0 Å². The fourth-order valence-corrected chi connectivity index (χ4v) is 14.7. The van der Waals surface area contributed by atoms with Crippen LogP contribution in [0.4, 0.5) is 34.1 Å². The molecule has 2 aliphatic heterocycles. The number of fused-ring (bicyclic) bond motifs is 13. The van der Waals surface area contributed by atoms with Gasteiger partial charge in [0.25, 0.3) is 6.71 Å². The number of anilines is 6. The molecular weight excluding hydrogens is 910 g/mol. The molecule has 3 aromatic heterocycles. The monoisotopic (exact) mass is 949 g/mol. The van der Waals surface area contributed by atoms with E-state index in [2.05, 4.69) is 257 Å². The van der Waals surface area contributed by atoms with Crippen LogP contribution in [0.2, 0.25) is 0 Å². The molecule has 11 aromatic carbocycles. The molecule has 0 saturated heterocycles. The minimum atomic E-state index is -0.0562. The molecule has 0 spiro atoms. The number of benzene rings is 11. The standard InChI is InChI=1S/C66H40BN3S2/c1-3-19-41(20-4-1)44-35-37-60-62(48-25-9-17-33-58(48)71-60)65(44)69-54-31-15-11-27-50(54)67-51-28-12-16-32-55(51)70(66-45(42-21-5-2-6-22-42)36-38-61-63(66)49-26-10-18-34-59(49)72-61)57-40-43(39-56(69)64(57)67)68-52-29-13-7-23-46(52)47-24-8-14-30-53(47)68/h1-40H. The molecule has 2 aliphatic rings. The zero-order chi connectivity index (χ0) is 47.0. The van der Waals surface area contributed by atoms with Crippen molar-refractivity contribution in [1.29, 1.82) is 0 Å². The number of hydrogen-bond acceptors (Lipinski definition) is 4. The first kappa shape index (κ1) is 40.1. The van der Waals surface area contributed by atoms with E-state index in [1.165, 1.54) is 135 Å². The third-order valence-corrected chi connectivity index (χ3v) is 17.6. The molecule has 0 N–H and O–H groups in total. The molecule has 0 radical (unpaired) electrons. The van der Waals surface area contributed by atoms with Gasteiger partial charge in [0.2, 0.25) is 0 Å². The van der Waals surface area contributed by atoms with Gasteiger partial charge in [-0.2, -0.15) is 0 Å². The Morgan fingerprint density at radius 1 is 0.319 bits per heavy atom. The quantitative estimate of drug-likeness (QED) is 0.159. The summed E-state index contributed by atoms with van der Waals surface area (Å²) in [5.41, 5.74) is 19.3. The van der Waals surface area contributed by atoms with Gasteiger partial charge in [0.05, 0.1) is 28.1 Å². The molecular formula is C66H40BN3S2. The predicted molar refractivity (Wildman–Crippen MR) is 311 cm³/mol. The normalized spacial score (nSPS) is 12.9. The SMILES string of the molecule is c1ccc(-c2ccc3sc4ccccc4c3c2N2c3ccccc3B3c4ccccc4N(c4c(-c5ccccc5)ccc5sc6ccccc6c45)c4cc(-n5c6ccccc6c6ccccc65)cc2c43)cc1. The van der Waals surface area contributed by atoms with Crippen LogP contribution in [-0.4, -0.2) is 11.3 Å². The van der Waals surface area contributed by atoms with Crippen LogP contribution in [0.25, 0.3) is 90.1 Å². The van der Waals surface area contributed by atoms with Crippen LogP contribution in [0.15, 0.2) is 243 Å². The van der Waals surface area contributed by atoms with E-state index in [1.807, 2.05) is 22.7 Å². The minimum absolute atomic E-state index is 0.0562. The lowest BCUT2D eigenvalue weighted by atomic mass is 9.33. The average molecular weight is 950 g/mol. The van der Waals surface area contributed by atoms with Gasteiger partial charge >= 0.3 is 0 Å². The van der Waals surface area contributed by atoms with Gasteiger partial charge in [-0.15, -0.1) is 22.7 Å². The molecule has 5 heterocycles. The van der Waals surface area contributed by atoms with E-state index >= 15 is 0 Å². The van der Waals surface area contributed by atoms with Gasteiger partial charge in [-0.05, 0) is 88.2 Å². The van der Waals surface area contributed by atoms with Gasteiger partial charge in [-0.3, -0.25) is 0 Å². The highest BCUT2D eigenvalue weighted by molar-refractivity contribution is 7.26. The Labute approximate surface area is 424 Å². The van der Waals surface area contributed by atoms with E-state index in [1.54, 1.807) is 0 Å². The molecule has 0 aliphatic carbocycles. The predicted octanol–water partition coefficient (Wildman–Crippen LogP) is 16.9. The highest BCUT2D eigenvalue weighted by Gasteiger charge is 2.45. The first-order valence-electron chi connectivity index (χ1n) is 24.7. The minimum Gasteiger partial charge on any atom is -0.310 e. The number of thiophene rings is 2. The summed E-state index contributed by atoms with van der Waals surface area (Å²) in [4.78, 5) is 5.33. The van der Waals surface area contributed by atoms with Gasteiger partial charge in [0, 0.05) is 85.0 Å². The molecule has 0 bridgehead atoms. The van der Waals surface area contributed by atoms with Crippen LogP contribution >= 0.6 is 22.7 Å². The van der Waals surface area contributed by atoms with Crippen molar-refractivity contribution in [1.82, 2.24) is 4.57 Å². The maximum absolute atomic E-state index is 2.66. The lowest BCUT2D eigenvalue weighted by Gasteiger charge is -2.45. The second-order valence-electron chi connectivity index (χ2n) is 19.1. The number of hydrogen-bond donors (Lipinski definition) is 0. The average Bonchev–Trinajstić information content (AvgIpc) is 4.13. The summed E-state index contributed by atoms with van der Waals surface area (Å²) in [6, 6.07) is 90.8. The van der Waals surface area contributed by atoms with E-state index in [0.717, 1.165) is 5.69 Å². The molecule has 6 heteroatoms. The molecule has 0 fully saturated rings. The number of para-hydroxylation sites is 4. The maximum atomic E-state index is 2.66. The summed E-state index contributed by atoms with van der Waals surface area (Å²) < 4.78 is 7.63. The maximum Gasteiger partial charge on any atom is 0.252 e. The third-order valence-electron chi connectivity index (χ3n) is 15.4. The molecule has 3 nitrogen and oxygen atoms in total. The smallest absolute Gasteiger partial charge is 0.252 e. The van der Waals surface area contributed by atoms with Crippen LogP contribution in [0.5, 0.6) is 0 Å². The number of rotatable bonds is 5.